The van der Waals surface area contributed by atoms with E-state index in [0.717, 1.165) is 4.47 Å². The van der Waals surface area contributed by atoms with Gasteiger partial charge in [-0.05, 0) is 79.7 Å². The van der Waals surface area contributed by atoms with Crippen LogP contribution in [0, 0.1) is 0 Å². The van der Waals surface area contributed by atoms with E-state index in [0.29, 0.717) is 40.4 Å². The number of ether oxygens (including phenoxy) is 2. The molecule has 0 aliphatic rings. The summed E-state index contributed by atoms with van der Waals surface area (Å²) in [7, 11) is 1.53. The fraction of sp³-hybridized carbons (Fsp3) is 0.115. The number of carbonyl (C=O) groups excluding carboxylic acids is 3. The van der Waals surface area contributed by atoms with Crippen LogP contribution in [0.1, 0.15) is 17.4 Å². The Morgan fingerprint density at radius 1 is 0.833 bits per heavy atom. The minimum Gasteiger partial charge on any atom is -0.497 e. The summed E-state index contributed by atoms with van der Waals surface area (Å²) >= 11 is 3.42. The molecule has 0 aliphatic heterocycles. The molecular formula is C26H23BrN4O5. The summed E-state index contributed by atoms with van der Waals surface area (Å²) in [4.78, 5) is 38.5. The third-order valence-corrected chi connectivity index (χ3v) is 5.68. The van der Waals surface area contributed by atoms with Crippen LogP contribution in [0.2, 0.25) is 0 Å². The van der Waals surface area contributed by atoms with E-state index in [9.17, 15) is 14.4 Å². The maximum absolute atomic E-state index is 13.2. The highest BCUT2D eigenvalue weighted by molar-refractivity contribution is 9.10. The molecule has 0 saturated carbocycles. The number of nitrogens with one attached hydrogen (secondary N) is 3. The molecule has 1 heterocycles. The minimum absolute atomic E-state index is 0.141. The molecular weight excluding hydrogens is 528 g/mol. The molecule has 0 bridgehead atoms. The van der Waals surface area contributed by atoms with E-state index in [2.05, 4.69) is 32.0 Å². The third-order valence-electron chi connectivity index (χ3n) is 5.19. The van der Waals surface area contributed by atoms with Crippen LogP contribution in [0.4, 0.5) is 11.4 Å². The smallest absolute Gasteiger partial charge is 0.328 e. The van der Waals surface area contributed by atoms with Gasteiger partial charge < -0.3 is 20.1 Å². The summed E-state index contributed by atoms with van der Waals surface area (Å²) in [6.07, 6.45) is 0. The topological polar surface area (TPSA) is 111 Å². The number of halogens is 1. The van der Waals surface area contributed by atoms with Gasteiger partial charge >= 0.3 is 11.8 Å². The average Bonchev–Trinajstić information content (AvgIpc) is 3.23. The molecule has 4 aromatic rings. The Hall–Kier alpha value is -4.31. The highest BCUT2D eigenvalue weighted by Crippen LogP contribution is 2.24. The van der Waals surface area contributed by atoms with Crippen molar-refractivity contribution >= 4 is 55.9 Å². The lowest BCUT2D eigenvalue weighted by Crippen LogP contribution is -2.36. The van der Waals surface area contributed by atoms with Crippen molar-refractivity contribution in [3.63, 3.8) is 0 Å². The second kappa shape index (κ2) is 11.0. The van der Waals surface area contributed by atoms with Crippen molar-refractivity contribution in [3.8, 4) is 11.5 Å². The van der Waals surface area contributed by atoms with Gasteiger partial charge in [-0.2, -0.15) is 0 Å². The Bertz CT molecular complexity index is 1420. The fourth-order valence-corrected chi connectivity index (χ4v) is 3.86. The number of fused-ring (bicyclic) bond motifs is 1. The van der Waals surface area contributed by atoms with Crippen molar-refractivity contribution in [2.75, 3.05) is 29.8 Å². The van der Waals surface area contributed by atoms with E-state index in [4.69, 9.17) is 9.47 Å². The Morgan fingerprint density at radius 3 is 2.11 bits per heavy atom. The monoisotopic (exact) mass is 550 g/mol. The van der Waals surface area contributed by atoms with Gasteiger partial charge in [0.15, 0.2) is 0 Å². The van der Waals surface area contributed by atoms with Gasteiger partial charge in [0.25, 0.3) is 5.91 Å². The Morgan fingerprint density at radius 2 is 1.47 bits per heavy atom. The number of rotatable bonds is 7. The summed E-state index contributed by atoms with van der Waals surface area (Å²) in [6, 6.07) is 20.4. The number of nitrogens with zero attached hydrogens (tertiary/aromatic N) is 1. The summed E-state index contributed by atoms with van der Waals surface area (Å²) in [5.41, 5.74) is 4.18. The molecule has 3 N–H and O–H groups in total. The zero-order valence-electron chi connectivity index (χ0n) is 19.5. The standard InChI is InChI=1S/C26H23BrN4O5/c1-3-36-21-11-7-18(8-12-21)28-24(32)23-15-16-14-17(27)4-13-22(16)31(23)30-26(34)25(33)29-19-5-9-20(35-2)10-6-19/h4-15H,3H2,1-2H3,(H,28,32)(H,29,33)(H,30,34). The average molecular weight is 551 g/mol. The summed E-state index contributed by atoms with van der Waals surface area (Å²) < 4.78 is 12.6. The van der Waals surface area contributed by atoms with Gasteiger partial charge in [-0.3, -0.25) is 19.8 Å². The molecule has 36 heavy (non-hydrogen) atoms. The first-order valence-electron chi connectivity index (χ1n) is 11.0. The van der Waals surface area contributed by atoms with Gasteiger partial charge in [0.05, 0.1) is 19.2 Å². The molecule has 0 fully saturated rings. The minimum atomic E-state index is -0.943. The third kappa shape index (κ3) is 5.66. The molecule has 0 spiro atoms. The highest BCUT2D eigenvalue weighted by Gasteiger charge is 2.21. The normalized spacial score (nSPS) is 10.5. The van der Waals surface area contributed by atoms with E-state index in [-0.39, 0.29) is 5.69 Å². The molecule has 3 amide bonds. The maximum Gasteiger partial charge on any atom is 0.328 e. The number of hydrogen-bond donors (Lipinski definition) is 3. The zero-order chi connectivity index (χ0) is 25.7. The highest BCUT2D eigenvalue weighted by atomic mass is 79.9. The molecule has 10 heteroatoms. The first-order chi connectivity index (χ1) is 17.4. The maximum atomic E-state index is 13.2. The SMILES string of the molecule is CCOc1ccc(NC(=O)c2cc3cc(Br)ccc3n2NC(=O)C(=O)Nc2ccc(OC)cc2)cc1. The quantitative estimate of drug-likeness (QED) is 0.287. The number of anilines is 2. The van der Waals surface area contributed by atoms with Crippen molar-refractivity contribution in [1.29, 1.82) is 0 Å². The number of benzene rings is 3. The van der Waals surface area contributed by atoms with Gasteiger partial charge in [-0.15, -0.1) is 0 Å². The zero-order valence-corrected chi connectivity index (χ0v) is 21.1. The van der Waals surface area contributed by atoms with E-state index in [1.807, 2.05) is 13.0 Å². The van der Waals surface area contributed by atoms with Gasteiger partial charge in [0.2, 0.25) is 0 Å². The van der Waals surface area contributed by atoms with E-state index in [1.165, 1.54) is 11.8 Å². The predicted molar refractivity (Wildman–Crippen MR) is 141 cm³/mol. The van der Waals surface area contributed by atoms with Crippen LogP contribution >= 0.6 is 15.9 Å². The molecule has 0 atom stereocenters. The summed E-state index contributed by atoms with van der Waals surface area (Å²) in [5, 5.41) is 6.02. The molecule has 0 radical (unpaired) electrons. The molecule has 0 aliphatic carbocycles. The fourth-order valence-electron chi connectivity index (χ4n) is 3.48. The van der Waals surface area contributed by atoms with Crippen molar-refractivity contribution in [3.05, 3.63) is 83.0 Å². The molecule has 9 nitrogen and oxygen atoms in total. The number of aromatic nitrogens is 1. The van der Waals surface area contributed by atoms with Crippen molar-refractivity contribution in [1.82, 2.24) is 4.68 Å². The number of methoxy groups -OCH3 is 1. The number of carbonyl (C=O) groups is 3. The van der Waals surface area contributed by atoms with Gasteiger partial charge in [-0.1, -0.05) is 15.9 Å². The van der Waals surface area contributed by atoms with Crippen LogP contribution in [-0.2, 0) is 9.59 Å². The second-order valence-corrected chi connectivity index (χ2v) is 8.52. The van der Waals surface area contributed by atoms with Gasteiger partial charge in [0, 0.05) is 21.2 Å². The van der Waals surface area contributed by atoms with Gasteiger partial charge in [0.1, 0.15) is 17.2 Å². The largest absolute Gasteiger partial charge is 0.497 e. The van der Waals surface area contributed by atoms with Crippen LogP contribution in [0.25, 0.3) is 10.9 Å². The predicted octanol–water partition coefficient (Wildman–Crippen LogP) is 4.77. The number of amides is 3. The summed E-state index contributed by atoms with van der Waals surface area (Å²) in [5.74, 6) is -1.00. The second-order valence-electron chi connectivity index (χ2n) is 7.60. The Labute approximate surface area is 215 Å². The van der Waals surface area contributed by atoms with Crippen LogP contribution in [0.15, 0.2) is 77.3 Å². The van der Waals surface area contributed by atoms with E-state index in [1.54, 1.807) is 66.7 Å². The lowest BCUT2D eigenvalue weighted by atomic mass is 10.2. The van der Waals surface area contributed by atoms with Gasteiger partial charge in [-0.25, -0.2) is 4.68 Å². The Balaban J connectivity index is 1.57. The molecule has 184 valence electrons. The lowest BCUT2D eigenvalue weighted by molar-refractivity contribution is -0.133. The van der Waals surface area contributed by atoms with E-state index < -0.39 is 17.7 Å². The van der Waals surface area contributed by atoms with Crippen LogP contribution in [0.3, 0.4) is 0 Å². The molecule has 4 rings (SSSR count). The first kappa shape index (κ1) is 24.8. The van der Waals surface area contributed by atoms with E-state index >= 15 is 0 Å². The van der Waals surface area contributed by atoms with Crippen LogP contribution < -0.4 is 25.5 Å². The molecule has 3 aromatic carbocycles. The molecule has 0 saturated heterocycles. The molecule has 0 unspecified atom stereocenters. The Kier molecular flexibility index (Phi) is 7.55. The van der Waals surface area contributed by atoms with Crippen molar-refractivity contribution in [2.45, 2.75) is 6.92 Å². The van der Waals surface area contributed by atoms with Crippen LogP contribution in [-0.4, -0.2) is 36.1 Å². The van der Waals surface area contributed by atoms with Crippen LogP contribution in [0.5, 0.6) is 11.5 Å². The van der Waals surface area contributed by atoms with Crippen molar-refractivity contribution in [2.24, 2.45) is 0 Å². The lowest BCUT2D eigenvalue weighted by Gasteiger charge is -2.13. The summed E-state index contributed by atoms with van der Waals surface area (Å²) in [6.45, 7) is 2.42. The molecule has 1 aromatic heterocycles. The first-order valence-corrected chi connectivity index (χ1v) is 11.8. The number of hydrogen-bond acceptors (Lipinski definition) is 5. The van der Waals surface area contributed by atoms with Crippen molar-refractivity contribution < 1.29 is 23.9 Å².